The Labute approximate surface area is 87.7 Å². The molecule has 1 nitrogen and oxygen atoms in total. The van der Waals surface area contributed by atoms with Gasteiger partial charge >= 0.3 is 0 Å². The van der Waals surface area contributed by atoms with E-state index in [0.717, 1.165) is 19.3 Å². The number of unbranched alkanes of at least 4 members (excludes halogenated alkanes) is 6. The zero-order chi connectivity index (χ0) is 10.6. The van der Waals surface area contributed by atoms with Gasteiger partial charge < -0.3 is 5.11 Å². The molecule has 0 saturated carbocycles. The lowest BCUT2D eigenvalue weighted by atomic mass is 10.0. The van der Waals surface area contributed by atoms with Crippen molar-refractivity contribution in [3.63, 3.8) is 0 Å². The van der Waals surface area contributed by atoms with Gasteiger partial charge in [0.1, 0.15) is 0 Å². The van der Waals surface area contributed by atoms with Crippen LogP contribution < -0.4 is 0 Å². The summed E-state index contributed by atoms with van der Waals surface area (Å²) in [7, 11) is 0. The number of hydrogen-bond donors (Lipinski definition) is 1. The number of aliphatic hydroxyl groups is 1. The second-order valence-corrected chi connectivity index (χ2v) is 4.24. The van der Waals surface area contributed by atoms with E-state index in [1.54, 1.807) is 0 Å². The summed E-state index contributed by atoms with van der Waals surface area (Å²) in [5.41, 5.74) is 0. The zero-order valence-corrected chi connectivity index (χ0v) is 9.47. The van der Waals surface area contributed by atoms with Gasteiger partial charge in [-0.2, -0.15) is 0 Å². The lowest BCUT2D eigenvalue weighted by Crippen LogP contribution is -1.99. The molecule has 0 radical (unpaired) electrons. The van der Waals surface area contributed by atoms with Crippen LogP contribution in [0.15, 0.2) is 0 Å². The van der Waals surface area contributed by atoms with E-state index in [9.17, 15) is 4.39 Å². The van der Waals surface area contributed by atoms with Crippen molar-refractivity contribution in [2.24, 2.45) is 5.92 Å². The lowest BCUT2D eigenvalue weighted by Gasteiger charge is -2.06. The fraction of sp³-hybridized carbons (Fsp3) is 1.00. The molecule has 0 heterocycles. The fourth-order valence-corrected chi connectivity index (χ4v) is 1.56. The van der Waals surface area contributed by atoms with Crippen LogP contribution in [-0.4, -0.2) is 18.4 Å². The van der Waals surface area contributed by atoms with Crippen molar-refractivity contribution in [1.29, 1.82) is 0 Å². The Morgan fingerprint density at radius 2 is 1.43 bits per heavy atom. The highest BCUT2D eigenvalue weighted by Gasteiger charge is 1.98. The Kier molecular flexibility index (Phi) is 10.9. The van der Waals surface area contributed by atoms with E-state index in [1.165, 1.54) is 32.1 Å². The van der Waals surface area contributed by atoms with Crippen LogP contribution in [0, 0.1) is 5.92 Å². The Morgan fingerprint density at radius 1 is 0.929 bits per heavy atom. The number of halogens is 1. The molecule has 1 unspecified atom stereocenters. The molecule has 0 aromatic rings. The smallest absolute Gasteiger partial charge is 0.0894 e. The summed E-state index contributed by atoms with van der Waals surface area (Å²) < 4.78 is 11.7. The van der Waals surface area contributed by atoms with Crippen LogP contribution in [0.5, 0.6) is 0 Å². The van der Waals surface area contributed by atoms with E-state index in [2.05, 4.69) is 6.92 Å². The van der Waals surface area contributed by atoms with Crippen LogP contribution in [0.4, 0.5) is 4.39 Å². The molecule has 86 valence electrons. The van der Waals surface area contributed by atoms with Crippen molar-refractivity contribution in [1.82, 2.24) is 0 Å². The highest BCUT2D eigenvalue weighted by Crippen LogP contribution is 2.12. The molecule has 2 heteroatoms. The number of rotatable bonds is 10. The van der Waals surface area contributed by atoms with Crippen LogP contribution >= 0.6 is 0 Å². The molecule has 14 heavy (non-hydrogen) atoms. The number of alkyl halides is 1. The molecule has 0 bridgehead atoms. The number of hydrogen-bond acceptors (Lipinski definition) is 1. The van der Waals surface area contributed by atoms with Gasteiger partial charge in [0, 0.05) is 6.61 Å². The summed E-state index contributed by atoms with van der Waals surface area (Å²) in [4.78, 5) is 0. The standard InChI is InChI=1S/C12H25FO/c1-12(11-14)9-7-5-3-2-4-6-8-10-13/h12,14H,2-11H2,1H3. The van der Waals surface area contributed by atoms with E-state index < -0.39 is 0 Å². The van der Waals surface area contributed by atoms with Crippen LogP contribution in [-0.2, 0) is 0 Å². The van der Waals surface area contributed by atoms with Crippen molar-refractivity contribution in [2.75, 3.05) is 13.3 Å². The monoisotopic (exact) mass is 204 g/mol. The van der Waals surface area contributed by atoms with Crippen molar-refractivity contribution < 1.29 is 9.50 Å². The first-order valence-electron chi connectivity index (χ1n) is 5.98. The molecule has 1 N–H and O–H groups in total. The first kappa shape index (κ1) is 13.9. The van der Waals surface area contributed by atoms with E-state index in [-0.39, 0.29) is 6.67 Å². The molecule has 0 spiro atoms. The molecular formula is C12H25FO. The first-order valence-corrected chi connectivity index (χ1v) is 5.98. The molecule has 0 saturated heterocycles. The van der Waals surface area contributed by atoms with Gasteiger partial charge in [0.15, 0.2) is 0 Å². The van der Waals surface area contributed by atoms with Crippen molar-refractivity contribution in [2.45, 2.75) is 58.3 Å². The quantitative estimate of drug-likeness (QED) is 0.538. The third-order valence-electron chi connectivity index (χ3n) is 2.64. The summed E-state index contributed by atoms with van der Waals surface area (Å²) in [5.74, 6) is 0.460. The highest BCUT2D eigenvalue weighted by atomic mass is 19.1. The van der Waals surface area contributed by atoms with Crippen molar-refractivity contribution in [3.8, 4) is 0 Å². The third kappa shape index (κ3) is 9.97. The summed E-state index contributed by atoms with van der Waals surface area (Å²) in [5, 5.41) is 8.80. The van der Waals surface area contributed by atoms with Crippen LogP contribution in [0.3, 0.4) is 0 Å². The van der Waals surface area contributed by atoms with E-state index in [1.807, 2.05) is 0 Å². The molecule has 0 amide bonds. The van der Waals surface area contributed by atoms with Crippen molar-refractivity contribution >= 4 is 0 Å². The predicted octanol–water partition coefficient (Wildman–Crippen LogP) is 3.71. The summed E-state index contributed by atoms with van der Waals surface area (Å²) >= 11 is 0. The topological polar surface area (TPSA) is 20.2 Å². The van der Waals surface area contributed by atoms with Gasteiger partial charge in [-0.3, -0.25) is 4.39 Å². The van der Waals surface area contributed by atoms with Crippen LogP contribution in [0.25, 0.3) is 0 Å². The number of aliphatic hydroxyl groups excluding tert-OH is 1. The van der Waals surface area contributed by atoms with Gasteiger partial charge in [0.05, 0.1) is 6.67 Å². The normalized spacial score (nSPS) is 13.1. The minimum atomic E-state index is -0.159. The van der Waals surface area contributed by atoms with Gasteiger partial charge in [0.2, 0.25) is 0 Å². The largest absolute Gasteiger partial charge is 0.396 e. The first-order chi connectivity index (χ1) is 6.81. The van der Waals surface area contributed by atoms with E-state index in [4.69, 9.17) is 5.11 Å². The molecule has 0 aliphatic heterocycles. The van der Waals surface area contributed by atoms with Crippen LogP contribution in [0.1, 0.15) is 58.3 Å². The zero-order valence-electron chi connectivity index (χ0n) is 9.47. The molecule has 0 aromatic heterocycles. The van der Waals surface area contributed by atoms with Gasteiger partial charge in [-0.15, -0.1) is 0 Å². The molecule has 1 atom stereocenters. The minimum Gasteiger partial charge on any atom is -0.396 e. The SMILES string of the molecule is CC(CO)CCCCCCCCCF. The molecule has 0 aromatic carbocycles. The average Bonchev–Trinajstić information content (AvgIpc) is 2.21. The Bertz CT molecular complexity index is 106. The Hall–Kier alpha value is -0.110. The predicted molar refractivity (Wildman–Crippen MR) is 59.2 cm³/mol. The lowest BCUT2D eigenvalue weighted by molar-refractivity contribution is 0.227. The molecule has 0 aliphatic rings. The van der Waals surface area contributed by atoms with E-state index in [0.29, 0.717) is 12.5 Å². The Morgan fingerprint density at radius 3 is 1.93 bits per heavy atom. The molecule has 0 aliphatic carbocycles. The van der Waals surface area contributed by atoms with Gasteiger partial charge in [-0.25, -0.2) is 0 Å². The van der Waals surface area contributed by atoms with Crippen molar-refractivity contribution in [3.05, 3.63) is 0 Å². The van der Waals surface area contributed by atoms with Crippen LogP contribution in [0.2, 0.25) is 0 Å². The van der Waals surface area contributed by atoms with E-state index >= 15 is 0 Å². The molecule has 0 fully saturated rings. The Balaban J connectivity index is 2.92. The third-order valence-corrected chi connectivity index (χ3v) is 2.64. The second kappa shape index (κ2) is 11.0. The maximum atomic E-state index is 11.7. The maximum absolute atomic E-state index is 11.7. The summed E-state index contributed by atoms with van der Waals surface area (Å²) in [6.45, 7) is 2.24. The molecule has 0 rings (SSSR count). The summed E-state index contributed by atoms with van der Waals surface area (Å²) in [6.07, 6.45) is 9.11. The summed E-state index contributed by atoms with van der Waals surface area (Å²) in [6, 6.07) is 0. The molecular weight excluding hydrogens is 179 g/mol. The minimum absolute atomic E-state index is 0.159. The average molecular weight is 204 g/mol. The van der Waals surface area contributed by atoms with Gasteiger partial charge in [-0.1, -0.05) is 45.4 Å². The highest BCUT2D eigenvalue weighted by molar-refractivity contribution is 4.51. The van der Waals surface area contributed by atoms with Gasteiger partial charge in [0.25, 0.3) is 0 Å². The second-order valence-electron chi connectivity index (χ2n) is 4.24. The fourth-order valence-electron chi connectivity index (χ4n) is 1.56. The van der Waals surface area contributed by atoms with Gasteiger partial charge in [-0.05, 0) is 18.8 Å². The maximum Gasteiger partial charge on any atom is 0.0894 e.